The summed E-state index contributed by atoms with van der Waals surface area (Å²) in [7, 11) is -3.62. The van der Waals surface area contributed by atoms with E-state index >= 15 is 0 Å². The summed E-state index contributed by atoms with van der Waals surface area (Å²) in [4.78, 5) is 0.139. The summed E-state index contributed by atoms with van der Waals surface area (Å²) in [5.41, 5.74) is 0.681. The molecule has 0 radical (unpaired) electrons. The van der Waals surface area contributed by atoms with E-state index in [0.29, 0.717) is 16.3 Å². The molecular weight excluding hydrogens is 329 g/mol. The van der Waals surface area contributed by atoms with Crippen LogP contribution in [0.2, 0.25) is 5.02 Å². The number of aryl methyl sites for hydroxylation is 1. The number of ether oxygens (including phenoxy) is 1. The second kappa shape index (κ2) is 7.09. The fourth-order valence-electron chi connectivity index (χ4n) is 1.77. The van der Waals surface area contributed by atoms with Gasteiger partial charge in [-0.05, 0) is 42.8 Å². The van der Waals surface area contributed by atoms with Crippen molar-refractivity contribution in [2.24, 2.45) is 0 Å². The van der Waals surface area contributed by atoms with Crippen LogP contribution in [0.15, 0.2) is 47.4 Å². The molecule has 22 heavy (non-hydrogen) atoms. The molecule has 0 bridgehead atoms. The van der Waals surface area contributed by atoms with Crippen LogP contribution in [-0.4, -0.2) is 21.6 Å². The van der Waals surface area contributed by atoms with Crippen molar-refractivity contribution in [3.05, 3.63) is 58.9 Å². The maximum Gasteiger partial charge on any atom is 0.240 e. The standard InChI is InChI=1S/C15H15ClFNO3S/c1-11-9-14(5-6-15(11)16)22(19,20)18-7-8-21-13-4-2-3-12(17)10-13/h2-6,9-10,18H,7-8H2,1H3. The Hall–Kier alpha value is -1.63. The second-order valence-electron chi connectivity index (χ2n) is 4.61. The summed E-state index contributed by atoms with van der Waals surface area (Å²) >= 11 is 5.87. The molecule has 2 rings (SSSR count). The Kier molecular flexibility index (Phi) is 5.39. The fraction of sp³-hybridized carbons (Fsp3) is 0.200. The Balaban J connectivity index is 1.91. The molecule has 0 aliphatic heterocycles. The lowest BCUT2D eigenvalue weighted by atomic mass is 10.2. The van der Waals surface area contributed by atoms with Gasteiger partial charge in [0.1, 0.15) is 18.2 Å². The minimum atomic E-state index is -3.62. The first-order chi connectivity index (χ1) is 10.4. The third-order valence-electron chi connectivity index (χ3n) is 2.90. The third kappa shape index (κ3) is 4.43. The molecule has 0 aromatic heterocycles. The molecule has 0 heterocycles. The van der Waals surface area contributed by atoms with Gasteiger partial charge in [-0.3, -0.25) is 0 Å². The molecule has 2 aromatic carbocycles. The van der Waals surface area contributed by atoms with Crippen molar-refractivity contribution in [2.45, 2.75) is 11.8 Å². The predicted octanol–water partition coefficient (Wildman–Crippen LogP) is 3.14. The van der Waals surface area contributed by atoms with E-state index in [2.05, 4.69) is 4.72 Å². The van der Waals surface area contributed by atoms with Crippen LogP contribution in [0.4, 0.5) is 4.39 Å². The lowest BCUT2D eigenvalue weighted by molar-refractivity contribution is 0.321. The Labute approximate surface area is 133 Å². The highest BCUT2D eigenvalue weighted by atomic mass is 35.5. The molecule has 0 unspecified atom stereocenters. The molecule has 0 amide bonds. The molecule has 2 aromatic rings. The highest BCUT2D eigenvalue weighted by Gasteiger charge is 2.14. The highest BCUT2D eigenvalue weighted by Crippen LogP contribution is 2.19. The summed E-state index contributed by atoms with van der Waals surface area (Å²) < 4.78 is 44.8. The van der Waals surface area contributed by atoms with Crippen molar-refractivity contribution in [3.63, 3.8) is 0 Å². The van der Waals surface area contributed by atoms with Crippen LogP contribution in [0.1, 0.15) is 5.56 Å². The Bertz CT molecular complexity index is 765. The molecule has 0 atom stereocenters. The smallest absolute Gasteiger partial charge is 0.240 e. The quantitative estimate of drug-likeness (QED) is 0.820. The van der Waals surface area contributed by atoms with Gasteiger partial charge in [-0.1, -0.05) is 17.7 Å². The van der Waals surface area contributed by atoms with Gasteiger partial charge in [-0.2, -0.15) is 0 Å². The molecule has 0 aliphatic carbocycles. The molecule has 0 saturated carbocycles. The summed E-state index contributed by atoms with van der Waals surface area (Å²) in [6.45, 7) is 1.89. The van der Waals surface area contributed by atoms with E-state index in [1.54, 1.807) is 13.0 Å². The van der Waals surface area contributed by atoms with Crippen LogP contribution in [0.25, 0.3) is 0 Å². The first-order valence-electron chi connectivity index (χ1n) is 6.53. The van der Waals surface area contributed by atoms with E-state index in [1.807, 2.05) is 0 Å². The Morgan fingerprint density at radius 2 is 2.00 bits per heavy atom. The van der Waals surface area contributed by atoms with Gasteiger partial charge < -0.3 is 4.74 Å². The number of hydrogen-bond acceptors (Lipinski definition) is 3. The van der Waals surface area contributed by atoms with Crippen molar-refractivity contribution in [3.8, 4) is 5.75 Å². The summed E-state index contributed by atoms with van der Waals surface area (Å²) in [6, 6.07) is 10.1. The number of benzene rings is 2. The maximum absolute atomic E-state index is 13.0. The molecule has 0 fully saturated rings. The first kappa shape index (κ1) is 16.7. The number of hydrogen-bond donors (Lipinski definition) is 1. The Morgan fingerprint density at radius 1 is 1.23 bits per heavy atom. The van der Waals surface area contributed by atoms with E-state index in [0.717, 1.165) is 0 Å². The molecule has 1 N–H and O–H groups in total. The molecule has 0 saturated heterocycles. The van der Waals surface area contributed by atoms with Crippen molar-refractivity contribution in [1.29, 1.82) is 0 Å². The lowest BCUT2D eigenvalue weighted by Gasteiger charge is -2.09. The van der Waals surface area contributed by atoms with Gasteiger partial charge in [-0.15, -0.1) is 0 Å². The molecule has 4 nitrogen and oxygen atoms in total. The van der Waals surface area contributed by atoms with E-state index < -0.39 is 15.8 Å². The minimum Gasteiger partial charge on any atom is -0.492 e. The molecular formula is C15H15ClFNO3S. The molecule has 118 valence electrons. The van der Waals surface area contributed by atoms with E-state index in [4.69, 9.17) is 16.3 Å². The van der Waals surface area contributed by atoms with Crippen molar-refractivity contribution in [2.75, 3.05) is 13.2 Å². The lowest BCUT2D eigenvalue weighted by Crippen LogP contribution is -2.28. The first-order valence-corrected chi connectivity index (χ1v) is 8.39. The molecule has 0 aliphatic rings. The zero-order valence-corrected chi connectivity index (χ0v) is 13.4. The molecule has 0 spiro atoms. The average molecular weight is 344 g/mol. The molecule has 7 heteroatoms. The highest BCUT2D eigenvalue weighted by molar-refractivity contribution is 7.89. The number of halogens is 2. The van der Waals surface area contributed by atoms with Crippen molar-refractivity contribution in [1.82, 2.24) is 4.72 Å². The monoisotopic (exact) mass is 343 g/mol. The van der Waals surface area contributed by atoms with E-state index in [-0.39, 0.29) is 18.0 Å². The van der Waals surface area contributed by atoms with Crippen molar-refractivity contribution >= 4 is 21.6 Å². The Morgan fingerprint density at radius 3 is 2.68 bits per heavy atom. The van der Waals surface area contributed by atoms with Gasteiger partial charge in [-0.25, -0.2) is 17.5 Å². The van der Waals surface area contributed by atoms with Crippen LogP contribution in [0.5, 0.6) is 5.75 Å². The maximum atomic E-state index is 13.0. The number of sulfonamides is 1. The van der Waals surface area contributed by atoms with Gasteiger partial charge in [0.25, 0.3) is 0 Å². The van der Waals surface area contributed by atoms with Crippen LogP contribution >= 0.6 is 11.6 Å². The largest absolute Gasteiger partial charge is 0.492 e. The predicted molar refractivity (Wildman–Crippen MR) is 83.3 cm³/mol. The second-order valence-corrected chi connectivity index (χ2v) is 6.79. The van der Waals surface area contributed by atoms with Crippen molar-refractivity contribution < 1.29 is 17.5 Å². The van der Waals surface area contributed by atoms with Crippen LogP contribution in [-0.2, 0) is 10.0 Å². The van der Waals surface area contributed by atoms with E-state index in [1.165, 1.54) is 36.4 Å². The van der Waals surface area contributed by atoms with Crippen LogP contribution in [0, 0.1) is 12.7 Å². The van der Waals surface area contributed by atoms with Gasteiger partial charge in [0.05, 0.1) is 4.90 Å². The van der Waals surface area contributed by atoms with Gasteiger partial charge in [0, 0.05) is 17.6 Å². The normalized spacial score (nSPS) is 11.4. The van der Waals surface area contributed by atoms with Gasteiger partial charge in [0.2, 0.25) is 10.0 Å². The topological polar surface area (TPSA) is 55.4 Å². The summed E-state index contributed by atoms with van der Waals surface area (Å²) in [5, 5.41) is 0.508. The minimum absolute atomic E-state index is 0.0700. The summed E-state index contributed by atoms with van der Waals surface area (Å²) in [6.07, 6.45) is 0. The number of nitrogens with one attached hydrogen (secondary N) is 1. The van der Waals surface area contributed by atoms with E-state index in [9.17, 15) is 12.8 Å². The van der Waals surface area contributed by atoms with Gasteiger partial charge >= 0.3 is 0 Å². The fourth-order valence-corrected chi connectivity index (χ4v) is 2.98. The zero-order valence-electron chi connectivity index (χ0n) is 11.8. The summed E-state index contributed by atoms with van der Waals surface area (Å²) in [5.74, 6) is -0.0590. The SMILES string of the molecule is Cc1cc(S(=O)(=O)NCCOc2cccc(F)c2)ccc1Cl. The zero-order chi connectivity index (χ0) is 16.2. The van der Waals surface area contributed by atoms with Crippen LogP contribution in [0.3, 0.4) is 0 Å². The average Bonchev–Trinajstić information content (AvgIpc) is 2.46. The van der Waals surface area contributed by atoms with Crippen LogP contribution < -0.4 is 9.46 Å². The number of rotatable bonds is 6. The third-order valence-corrected chi connectivity index (χ3v) is 4.78. The van der Waals surface area contributed by atoms with Gasteiger partial charge in [0.15, 0.2) is 0 Å².